The number of hydrogen-bond acceptors (Lipinski definition) is 2. The zero-order valence-corrected chi connectivity index (χ0v) is 11.5. The van der Waals surface area contributed by atoms with Gasteiger partial charge in [-0.1, -0.05) is 54.1 Å². The first kappa shape index (κ1) is 12.7. The highest BCUT2D eigenvalue weighted by molar-refractivity contribution is 6.29. The molecule has 0 atom stereocenters. The molecule has 0 aliphatic carbocycles. The van der Waals surface area contributed by atoms with E-state index in [4.69, 9.17) is 11.6 Å². The van der Waals surface area contributed by atoms with Crippen molar-refractivity contribution < 1.29 is 0 Å². The second-order valence-electron chi connectivity index (χ2n) is 4.33. The molecule has 3 rings (SSSR count). The van der Waals surface area contributed by atoms with E-state index in [1.165, 1.54) is 0 Å². The predicted molar refractivity (Wildman–Crippen MR) is 83.9 cm³/mol. The number of aromatic nitrogens is 1. The first-order valence-corrected chi connectivity index (χ1v) is 6.75. The van der Waals surface area contributed by atoms with Crippen molar-refractivity contribution >= 4 is 28.8 Å². The van der Waals surface area contributed by atoms with E-state index in [0.29, 0.717) is 5.15 Å². The van der Waals surface area contributed by atoms with Crippen LogP contribution >= 0.6 is 11.6 Å². The Balaban J connectivity index is 2.14. The molecule has 2 aromatic carbocycles. The van der Waals surface area contributed by atoms with Crippen LogP contribution in [-0.4, -0.2) is 4.98 Å². The lowest BCUT2D eigenvalue weighted by Gasteiger charge is -2.24. The summed E-state index contributed by atoms with van der Waals surface area (Å²) in [4.78, 5) is 6.49. The zero-order valence-electron chi connectivity index (χ0n) is 10.8. The van der Waals surface area contributed by atoms with Gasteiger partial charge in [-0.25, -0.2) is 4.98 Å². The SMILES string of the molecule is Clc1cccc(N(c2ccccc2)c2ccccc2)n1. The number of hydrogen-bond donors (Lipinski definition) is 0. The Labute approximate surface area is 123 Å². The number of para-hydroxylation sites is 2. The van der Waals surface area contributed by atoms with Gasteiger partial charge >= 0.3 is 0 Å². The number of nitrogens with zero attached hydrogens (tertiary/aromatic N) is 2. The van der Waals surface area contributed by atoms with E-state index in [9.17, 15) is 0 Å². The summed E-state index contributed by atoms with van der Waals surface area (Å²) in [5.74, 6) is 0.801. The van der Waals surface area contributed by atoms with Crippen molar-refractivity contribution in [2.24, 2.45) is 0 Å². The fourth-order valence-electron chi connectivity index (χ4n) is 2.09. The number of benzene rings is 2. The molecule has 3 heteroatoms. The summed E-state index contributed by atoms with van der Waals surface area (Å²) in [7, 11) is 0. The Kier molecular flexibility index (Phi) is 3.66. The fraction of sp³-hybridized carbons (Fsp3) is 0. The van der Waals surface area contributed by atoms with Crippen LogP contribution in [0.5, 0.6) is 0 Å². The number of pyridine rings is 1. The third-order valence-electron chi connectivity index (χ3n) is 2.96. The lowest BCUT2D eigenvalue weighted by Crippen LogP contribution is -2.11. The molecule has 0 radical (unpaired) electrons. The average Bonchev–Trinajstić information content (AvgIpc) is 2.50. The summed E-state index contributed by atoms with van der Waals surface area (Å²) in [5.41, 5.74) is 2.10. The summed E-state index contributed by atoms with van der Waals surface area (Å²) in [6, 6.07) is 25.9. The van der Waals surface area contributed by atoms with Gasteiger partial charge in [0.05, 0.1) is 0 Å². The number of rotatable bonds is 3. The van der Waals surface area contributed by atoms with Crippen LogP contribution in [0.15, 0.2) is 78.9 Å². The molecule has 0 aliphatic rings. The van der Waals surface area contributed by atoms with Crippen LogP contribution in [0, 0.1) is 0 Å². The van der Waals surface area contributed by atoms with Crippen LogP contribution in [0.2, 0.25) is 5.15 Å². The maximum absolute atomic E-state index is 6.03. The van der Waals surface area contributed by atoms with Gasteiger partial charge in [0.15, 0.2) is 0 Å². The Bertz CT molecular complexity index is 644. The van der Waals surface area contributed by atoms with Crippen molar-refractivity contribution in [3.8, 4) is 0 Å². The monoisotopic (exact) mass is 280 g/mol. The first-order chi connectivity index (χ1) is 9.84. The zero-order chi connectivity index (χ0) is 13.8. The van der Waals surface area contributed by atoms with Crippen molar-refractivity contribution in [3.05, 3.63) is 84.0 Å². The second-order valence-corrected chi connectivity index (χ2v) is 4.71. The van der Waals surface area contributed by atoms with Crippen molar-refractivity contribution in [1.29, 1.82) is 0 Å². The highest BCUT2D eigenvalue weighted by Gasteiger charge is 2.12. The number of halogens is 1. The molecule has 0 unspecified atom stereocenters. The van der Waals surface area contributed by atoms with E-state index in [-0.39, 0.29) is 0 Å². The molecule has 98 valence electrons. The fourth-order valence-corrected chi connectivity index (χ4v) is 2.25. The third-order valence-corrected chi connectivity index (χ3v) is 3.17. The molecule has 1 heterocycles. The Morgan fingerprint density at radius 3 is 1.70 bits per heavy atom. The molecule has 2 nitrogen and oxygen atoms in total. The summed E-state index contributed by atoms with van der Waals surface area (Å²) in [6.07, 6.45) is 0. The molecular weight excluding hydrogens is 268 g/mol. The molecule has 0 N–H and O–H groups in total. The Hall–Kier alpha value is -2.32. The van der Waals surface area contributed by atoms with Gasteiger partial charge in [0.2, 0.25) is 0 Å². The van der Waals surface area contributed by atoms with E-state index in [1.54, 1.807) is 6.07 Å². The largest absolute Gasteiger partial charge is 0.295 e. The van der Waals surface area contributed by atoms with Gasteiger partial charge in [-0.15, -0.1) is 0 Å². The molecule has 0 fully saturated rings. The van der Waals surface area contributed by atoms with Gasteiger partial charge in [-0.3, -0.25) is 4.90 Å². The van der Waals surface area contributed by atoms with E-state index in [1.807, 2.05) is 48.5 Å². The summed E-state index contributed by atoms with van der Waals surface area (Å²) in [6.45, 7) is 0. The minimum atomic E-state index is 0.486. The van der Waals surface area contributed by atoms with Crippen molar-refractivity contribution in [2.75, 3.05) is 4.90 Å². The predicted octanol–water partition coefficient (Wildman–Crippen LogP) is 5.20. The van der Waals surface area contributed by atoms with Gasteiger partial charge in [-0.2, -0.15) is 0 Å². The van der Waals surface area contributed by atoms with E-state index in [2.05, 4.69) is 34.1 Å². The second kappa shape index (κ2) is 5.76. The maximum atomic E-state index is 6.03. The van der Waals surface area contributed by atoms with Crippen LogP contribution in [0.3, 0.4) is 0 Å². The van der Waals surface area contributed by atoms with Gasteiger partial charge in [0.1, 0.15) is 11.0 Å². The molecule has 0 saturated carbocycles. The molecule has 3 aromatic rings. The molecule has 0 spiro atoms. The molecular formula is C17H13ClN2. The number of anilines is 3. The highest BCUT2D eigenvalue weighted by Crippen LogP contribution is 2.32. The summed E-state index contributed by atoms with van der Waals surface area (Å²) >= 11 is 6.03. The van der Waals surface area contributed by atoms with Crippen LogP contribution in [0.4, 0.5) is 17.2 Å². The van der Waals surface area contributed by atoms with Crippen LogP contribution < -0.4 is 4.90 Å². The minimum Gasteiger partial charge on any atom is -0.295 e. The standard InChI is InChI=1S/C17H13ClN2/c18-16-12-7-13-17(19-16)20(14-8-3-1-4-9-14)15-10-5-2-6-11-15/h1-13H. The average molecular weight is 281 g/mol. The normalized spacial score (nSPS) is 10.2. The lowest BCUT2D eigenvalue weighted by atomic mass is 10.2. The first-order valence-electron chi connectivity index (χ1n) is 6.37. The Morgan fingerprint density at radius 1 is 0.650 bits per heavy atom. The minimum absolute atomic E-state index is 0.486. The molecule has 1 aromatic heterocycles. The lowest BCUT2D eigenvalue weighted by molar-refractivity contribution is 1.18. The third kappa shape index (κ3) is 2.65. The van der Waals surface area contributed by atoms with Crippen LogP contribution in [0.1, 0.15) is 0 Å². The van der Waals surface area contributed by atoms with E-state index >= 15 is 0 Å². The topological polar surface area (TPSA) is 16.1 Å². The smallest absolute Gasteiger partial charge is 0.139 e. The van der Waals surface area contributed by atoms with Crippen LogP contribution in [0.25, 0.3) is 0 Å². The van der Waals surface area contributed by atoms with E-state index < -0.39 is 0 Å². The summed E-state index contributed by atoms with van der Waals surface area (Å²) < 4.78 is 0. The van der Waals surface area contributed by atoms with Gasteiger partial charge in [-0.05, 0) is 36.4 Å². The van der Waals surface area contributed by atoms with Crippen molar-refractivity contribution in [2.45, 2.75) is 0 Å². The quantitative estimate of drug-likeness (QED) is 0.613. The molecule has 0 bridgehead atoms. The Morgan fingerprint density at radius 2 is 1.20 bits per heavy atom. The van der Waals surface area contributed by atoms with Gasteiger partial charge in [0, 0.05) is 11.4 Å². The van der Waals surface area contributed by atoms with Crippen molar-refractivity contribution in [3.63, 3.8) is 0 Å². The molecule has 0 aliphatic heterocycles. The maximum Gasteiger partial charge on any atom is 0.139 e. The van der Waals surface area contributed by atoms with Gasteiger partial charge in [0.25, 0.3) is 0 Å². The molecule has 0 amide bonds. The van der Waals surface area contributed by atoms with Crippen molar-refractivity contribution in [1.82, 2.24) is 4.98 Å². The van der Waals surface area contributed by atoms with E-state index in [0.717, 1.165) is 17.2 Å². The van der Waals surface area contributed by atoms with Gasteiger partial charge < -0.3 is 0 Å². The molecule has 20 heavy (non-hydrogen) atoms. The summed E-state index contributed by atoms with van der Waals surface area (Å²) in [5, 5.41) is 0.486. The van der Waals surface area contributed by atoms with Crippen LogP contribution in [-0.2, 0) is 0 Å². The highest BCUT2D eigenvalue weighted by atomic mass is 35.5. The molecule has 0 saturated heterocycles.